The molecule has 0 bridgehead atoms. The molecule has 0 spiro atoms. The summed E-state index contributed by atoms with van der Waals surface area (Å²) in [6.07, 6.45) is 8.67. The van der Waals surface area contributed by atoms with Crippen LogP contribution in [0.2, 0.25) is 0 Å². The monoisotopic (exact) mass is 325 g/mol. The van der Waals surface area contributed by atoms with Crippen LogP contribution >= 0.6 is 0 Å². The van der Waals surface area contributed by atoms with Gasteiger partial charge in [0.25, 0.3) is 5.84 Å². The van der Waals surface area contributed by atoms with Crippen LogP contribution in [0.5, 0.6) is 0 Å². The van der Waals surface area contributed by atoms with Crippen molar-refractivity contribution in [1.82, 2.24) is 4.90 Å². The first-order valence-corrected chi connectivity index (χ1v) is 9.67. The Morgan fingerprint density at radius 1 is 1.08 bits per heavy atom. The molecular formula is C22H33N2+. The third kappa shape index (κ3) is 3.03. The topological polar surface area (TPSA) is 6.25 Å². The first kappa shape index (κ1) is 17.3. The van der Waals surface area contributed by atoms with Gasteiger partial charge in [0.05, 0.1) is 12.0 Å². The Morgan fingerprint density at radius 2 is 1.79 bits per heavy atom. The molecule has 24 heavy (non-hydrogen) atoms. The summed E-state index contributed by atoms with van der Waals surface area (Å²) in [7, 11) is 0. The molecule has 1 aliphatic carbocycles. The first-order valence-electron chi connectivity index (χ1n) is 9.67. The Kier molecular flexibility index (Phi) is 5.12. The fraction of sp³-hybridized carbons (Fsp3) is 0.591. The van der Waals surface area contributed by atoms with Crippen LogP contribution in [-0.2, 0) is 0 Å². The second-order valence-corrected chi connectivity index (χ2v) is 7.94. The van der Waals surface area contributed by atoms with Crippen molar-refractivity contribution in [2.24, 2.45) is 5.92 Å². The van der Waals surface area contributed by atoms with Crippen molar-refractivity contribution >= 4 is 5.84 Å². The molecule has 0 saturated carbocycles. The van der Waals surface area contributed by atoms with E-state index in [0.717, 1.165) is 0 Å². The molecule has 1 aromatic rings. The van der Waals surface area contributed by atoms with Gasteiger partial charge in [-0.25, -0.2) is 0 Å². The lowest BCUT2D eigenvalue weighted by Crippen LogP contribution is -2.41. The molecule has 0 amide bonds. The van der Waals surface area contributed by atoms with Crippen molar-refractivity contribution in [2.45, 2.75) is 78.0 Å². The van der Waals surface area contributed by atoms with E-state index >= 15 is 0 Å². The van der Waals surface area contributed by atoms with Crippen molar-refractivity contribution in [3.05, 3.63) is 48.0 Å². The Balaban J connectivity index is 2.09. The third-order valence-electron chi connectivity index (χ3n) is 5.52. The molecular weight excluding hydrogens is 292 g/mol. The van der Waals surface area contributed by atoms with E-state index in [1.165, 1.54) is 30.7 Å². The molecule has 2 aliphatic rings. The fourth-order valence-corrected chi connectivity index (χ4v) is 4.64. The number of rotatable bonds is 4. The van der Waals surface area contributed by atoms with Gasteiger partial charge in [-0.1, -0.05) is 50.3 Å². The molecule has 1 aliphatic heterocycles. The Labute approximate surface area is 147 Å². The van der Waals surface area contributed by atoms with Gasteiger partial charge in [-0.3, -0.25) is 9.48 Å². The summed E-state index contributed by atoms with van der Waals surface area (Å²) in [6.45, 7) is 11.8. The van der Waals surface area contributed by atoms with Crippen LogP contribution in [0.3, 0.4) is 0 Å². The Morgan fingerprint density at radius 3 is 2.33 bits per heavy atom. The zero-order valence-electron chi connectivity index (χ0n) is 15.9. The van der Waals surface area contributed by atoms with Crippen molar-refractivity contribution in [1.29, 1.82) is 0 Å². The minimum Gasteiger partial charge on any atom is -0.252 e. The lowest BCUT2D eigenvalue weighted by molar-refractivity contribution is -0.585. The number of hydrogen-bond acceptors (Lipinski definition) is 1. The highest BCUT2D eigenvalue weighted by molar-refractivity contribution is 5.81. The summed E-state index contributed by atoms with van der Waals surface area (Å²) in [5, 5.41) is 0. The fourth-order valence-electron chi connectivity index (χ4n) is 4.64. The number of nitrogens with zero attached hydrogens (tertiary/aromatic N) is 2. The predicted molar refractivity (Wildman–Crippen MR) is 103 cm³/mol. The van der Waals surface area contributed by atoms with Crippen LogP contribution in [0.15, 0.2) is 42.5 Å². The highest BCUT2D eigenvalue weighted by Gasteiger charge is 2.49. The number of allylic oxidation sites excluding steroid dienone is 1. The van der Waals surface area contributed by atoms with E-state index < -0.39 is 0 Å². The van der Waals surface area contributed by atoms with E-state index in [4.69, 9.17) is 0 Å². The van der Waals surface area contributed by atoms with Crippen molar-refractivity contribution in [3.63, 3.8) is 0 Å². The summed E-state index contributed by atoms with van der Waals surface area (Å²) in [6, 6.07) is 13.1. The van der Waals surface area contributed by atoms with Crippen LogP contribution < -0.4 is 0 Å². The molecule has 0 N–H and O–H groups in total. The molecule has 0 aromatic heterocycles. The lowest BCUT2D eigenvalue weighted by Gasteiger charge is -2.27. The van der Waals surface area contributed by atoms with Crippen LogP contribution in [0.1, 0.15) is 65.5 Å². The SMILES string of the molecule is CC(C)C1=[N+]([C@H]2C=CCCC2)[C@H](C)[C@H](c2ccccc2)N1C(C)C. The van der Waals surface area contributed by atoms with Gasteiger partial charge in [0.15, 0.2) is 6.04 Å². The van der Waals surface area contributed by atoms with E-state index in [9.17, 15) is 0 Å². The van der Waals surface area contributed by atoms with Gasteiger partial charge in [-0.15, -0.1) is 0 Å². The molecule has 0 radical (unpaired) electrons. The minimum atomic E-state index is 0.443. The number of benzene rings is 1. The van der Waals surface area contributed by atoms with Crippen LogP contribution in [0.4, 0.5) is 0 Å². The van der Waals surface area contributed by atoms with E-state index in [-0.39, 0.29) is 0 Å². The van der Waals surface area contributed by atoms with E-state index in [2.05, 4.69) is 86.6 Å². The summed E-state index contributed by atoms with van der Waals surface area (Å²) in [5.74, 6) is 2.07. The Hall–Kier alpha value is -1.57. The van der Waals surface area contributed by atoms with Gasteiger partial charge in [-0.05, 0) is 46.1 Å². The average Bonchev–Trinajstić information content (AvgIpc) is 2.90. The maximum Gasteiger partial charge on any atom is 0.251 e. The van der Waals surface area contributed by atoms with Crippen LogP contribution in [0.25, 0.3) is 0 Å². The van der Waals surface area contributed by atoms with Crippen molar-refractivity contribution in [2.75, 3.05) is 0 Å². The van der Waals surface area contributed by atoms with E-state index in [0.29, 0.717) is 30.1 Å². The second-order valence-electron chi connectivity index (χ2n) is 7.94. The van der Waals surface area contributed by atoms with E-state index in [1.54, 1.807) is 0 Å². The quantitative estimate of drug-likeness (QED) is 0.557. The highest BCUT2D eigenvalue weighted by Crippen LogP contribution is 2.37. The molecule has 1 heterocycles. The minimum absolute atomic E-state index is 0.443. The lowest BCUT2D eigenvalue weighted by atomic mass is 9.96. The van der Waals surface area contributed by atoms with Gasteiger partial charge in [0.2, 0.25) is 0 Å². The molecule has 0 fully saturated rings. The summed E-state index contributed by atoms with van der Waals surface area (Å²) >= 11 is 0. The summed E-state index contributed by atoms with van der Waals surface area (Å²) < 4.78 is 2.73. The van der Waals surface area contributed by atoms with Crippen LogP contribution in [0, 0.1) is 5.92 Å². The molecule has 2 nitrogen and oxygen atoms in total. The average molecular weight is 326 g/mol. The second kappa shape index (κ2) is 7.13. The van der Waals surface area contributed by atoms with Gasteiger partial charge in [0, 0.05) is 5.56 Å². The molecule has 2 heteroatoms. The van der Waals surface area contributed by atoms with Crippen molar-refractivity contribution < 1.29 is 4.58 Å². The maximum absolute atomic E-state index is 2.73. The zero-order valence-corrected chi connectivity index (χ0v) is 15.9. The third-order valence-corrected chi connectivity index (χ3v) is 5.52. The number of hydrogen-bond donors (Lipinski definition) is 0. The Bertz CT molecular complexity index is 612. The van der Waals surface area contributed by atoms with Crippen LogP contribution in [-0.4, -0.2) is 33.4 Å². The molecule has 0 saturated heterocycles. The highest BCUT2D eigenvalue weighted by atomic mass is 15.4. The van der Waals surface area contributed by atoms with Gasteiger partial charge in [0.1, 0.15) is 12.1 Å². The predicted octanol–water partition coefficient (Wildman–Crippen LogP) is 5.02. The van der Waals surface area contributed by atoms with Gasteiger partial charge >= 0.3 is 0 Å². The standard InChI is InChI=1S/C22H33N2/c1-16(2)22-23(17(3)4)21(19-12-8-6-9-13-19)18(5)24(22)20-14-10-7-11-15-20/h6,8-10,12-14,16-18,20-21H,7,11,15H2,1-5H3/q+1/t18-,20+,21-/m1/s1. The smallest absolute Gasteiger partial charge is 0.251 e. The molecule has 3 rings (SSSR count). The van der Waals surface area contributed by atoms with E-state index in [1.807, 2.05) is 0 Å². The maximum atomic E-state index is 2.73. The normalized spacial score (nSPS) is 27.6. The summed E-state index contributed by atoms with van der Waals surface area (Å²) in [4.78, 5) is 2.69. The summed E-state index contributed by atoms with van der Waals surface area (Å²) in [5.41, 5.74) is 1.44. The molecule has 0 unspecified atom stereocenters. The number of amidine groups is 1. The van der Waals surface area contributed by atoms with Gasteiger partial charge in [-0.2, -0.15) is 0 Å². The molecule has 1 aromatic carbocycles. The van der Waals surface area contributed by atoms with Gasteiger partial charge < -0.3 is 0 Å². The molecule has 130 valence electrons. The van der Waals surface area contributed by atoms with Crippen molar-refractivity contribution in [3.8, 4) is 0 Å². The largest absolute Gasteiger partial charge is 0.252 e. The first-order chi connectivity index (χ1) is 11.5. The zero-order chi connectivity index (χ0) is 17.3. The molecule has 3 atom stereocenters.